The zero-order chi connectivity index (χ0) is 14.1. The molecule has 2 heterocycles. The van der Waals surface area contributed by atoms with Gasteiger partial charge in [-0.15, -0.1) is 0 Å². The molecule has 0 unspecified atom stereocenters. The van der Waals surface area contributed by atoms with Gasteiger partial charge in [0.05, 0.1) is 12.0 Å². The van der Waals surface area contributed by atoms with Gasteiger partial charge in [-0.1, -0.05) is 19.1 Å². The van der Waals surface area contributed by atoms with E-state index in [4.69, 9.17) is 0 Å². The van der Waals surface area contributed by atoms with Crippen molar-refractivity contribution in [1.29, 1.82) is 0 Å². The molecule has 1 amide bonds. The largest absolute Gasteiger partial charge is 0.335 e. The number of carbonyl (C=O) groups is 1. The molecule has 1 N–H and O–H groups in total. The Kier molecular flexibility index (Phi) is 3.74. The van der Waals surface area contributed by atoms with E-state index in [1.807, 2.05) is 11.0 Å². The molecule has 0 aliphatic carbocycles. The fourth-order valence-corrected chi connectivity index (χ4v) is 3.42. The third-order valence-corrected chi connectivity index (χ3v) is 4.44. The summed E-state index contributed by atoms with van der Waals surface area (Å²) in [4.78, 5) is 14.6. The van der Waals surface area contributed by atoms with Gasteiger partial charge in [-0.05, 0) is 43.0 Å². The summed E-state index contributed by atoms with van der Waals surface area (Å²) in [6.45, 7) is 4.65. The van der Waals surface area contributed by atoms with Crippen molar-refractivity contribution >= 4 is 5.91 Å². The van der Waals surface area contributed by atoms with Crippen LogP contribution in [0.1, 0.15) is 31.4 Å². The molecule has 2 fully saturated rings. The fourth-order valence-electron chi connectivity index (χ4n) is 3.42. The maximum atomic E-state index is 13.4. The minimum atomic E-state index is -0.225. The third-order valence-electron chi connectivity index (χ3n) is 4.44. The Balaban J connectivity index is 1.83. The molecule has 1 aromatic carbocycles. The lowest BCUT2D eigenvalue weighted by molar-refractivity contribution is -0.136. The number of hydrogen-bond donors (Lipinski definition) is 1. The van der Waals surface area contributed by atoms with E-state index < -0.39 is 0 Å². The van der Waals surface area contributed by atoms with Crippen LogP contribution in [0.5, 0.6) is 0 Å². The first-order valence-electron chi connectivity index (χ1n) is 7.42. The number of amides is 1. The van der Waals surface area contributed by atoms with Crippen molar-refractivity contribution < 1.29 is 9.18 Å². The van der Waals surface area contributed by atoms with E-state index in [0.29, 0.717) is 5.92 Å². The van der Waals surface area contributed by atoms with Gasteiger partial charge in [-0.3, -0.25) is 4.79 Å². The maximum absolute atomic E-state index is 13.4. The quantitative estimate of drug-likeness (QED) is 0.899. The summed E-state index contributed by atoms with van der Waals surface area (Å²) in [5.41, 5.74) is 0.925. The first-order chi connectivity index (χ1) is 9.65. The summed E-state index contributed by atoms with van der Waals surface area (Å²) >= 11 is 0. The van der Waals surface area contributed by atoms with Crippen molar-refractivity contribution in [3.63, 3.8) is 0 Å². The number of hydrogen-bond acceptors (Lipinski definition) is 2. The monoisotopic (exact) mass is 276 g/mol. The van der Waals surface area contributed by atoms with Crippen LogP contribution in [0.2, 0.25) is 0 Å². The molecule has 3 rings (SSSR count). The predicted molar refractivity (Wildman–Crippen MR) is 75.6 cm³/mol. The maximum Gasteiger partial charge on any atom is 0.227 e. The summed E-state index contributed by atoms with van der Waals surface area (Å²) in [5.74, 6) is 0.573. The van der Waals surface area contributed by atoms with Gasteiger partial charge >= 0.3 is 0 Å². The Hall–Kier alpha value is -1.42. The second-order valence-electron chi connectivity index (χ2n) is 6.09. The van der Waals surface area contributed by atoms with Gasteiger partial charge in [0.15, 0.2) is 0 Å². The molecule has 4 heteroatoms. The van der Waals surface area contributed by atoms with Crippen LogP contribution in [-0.2, 0) is 4.79 Å². The van der Waals surface area contributed by atoms with Crippen LogP contribution >= 0.6 is 0 Å². The Morgan fingerprint density at radius 1 is 1.45 bits per heavy atom. The minimum absolute atomic E-state index is 0.0359. The topological polar surface area (TPSA) is 32.3 Å². The normalized spacial score (nSPS) is 29.9. The second kappa shape index (κ2) is 5.52. The van der Waals surface area contributed by atoms with E-state index in [0.717, 1.165) is 38.0 Å². The molecule has 0 aromatic heterocycles. The molecule has 20 heavy (non-hydrogen) atoms. The summed E-state index contributed by atoms with van der Waals surface area (Å²) in [7, 11) is 0. The van der Waals surface area contributed by atoms with Crippen molar-refractivity contribution in [3.8, 4) is 0 Å². The minimum Gasteiger partial charge on any atom is -0.335 e. The lowest BCUT2D eigenvalue weighted by Crippen LogP contribution is -2.37. The molecule has 3 nitrogen and oxygen atoms in total. The standard InChI is InChI=1S/C16H21FN2O/c1-11-7-15(12-3-2-4-14(17)8-12)19(10-11)16(20)13-5-6-18-9-13/h2-4,8,11,13,15,18H,5-7,9-10H2,1H3/t11-,13-,15+/m1/s1. The lowest BCUT2D eigenvalue weighted by Gasteiger charge is -2.27. The lowest BCUT2D eigenvalue weighted by atomic mass is 10.00. The summed E-state index contributed by atoms with van der Waals surface area (Å²) in [6, 6.07) is 6.71. The van der Waals surface area contributed by atoms with Crippen LogP contribution in [0.3, 0.4) is 0 Å². The van der Waals surface area contributed by atoms with E-state index in [9.17, 15) is 9.18 Å². The van der Waals surface area contributed by atoms with Crippen molar-refractivity contribution in [2.75, 3.05) is 19.6 Å². The fraction of sp³-hybridized carbons (Fsp3) is 0.562. The molecule has 2 saturated heterocycles. The molecule has 108 valence electrons. The van der Waals surface area contributed by atoms with Crippen LogP contribution in [0, 0.1) is 17.7 Å². The van der Waals surface area contributed by atoms with Crippen molar-refractivity contribution in [1.82, 2.24) is 10.2 Å². The van der Waals surface area contributed by atoms with Crippen LogP contribution in [0.4, 0.5) is 4.39 Å². The highest BCUT2D eigenvalue weighted by Gasteiger charge is 2.37. The molecular weight excluding hydrogens is 255 g/mol. The van der Waals surface area contributed by atoms with Gasteiger partial charge in [0, 0.05) is 13.1 Å². The average Bonchev–Trinajstić information content (AvgIpc) is 3.07. The van der Waals surface area contributed by atoms with Gasteiger partial charge in [0.2, 0.25) is 5.91 Å². The van der Waals surface area contributed by atoms with E-state index >= 15 is 0 Å². The van der Waals surface area contributed by atoms with E-state index in [1.54, 1.807) is 12.1 Å². The first kappa shape index (κ1) is 13.6. The van der Waals surface area contributed by atoms with Crippen LogP contribution < -0.4 is 5.32 Å². The van der Waals surface area contributed by atoms with E-state index in [-0.39, 0.29) is 23.7 Å². The highest BCUT2D eigenvalue weighted by molar-refractivity contribution is 5.80. The predicted octanol–water partition coefficient (Wildman–Crippen LogP) is 2.34. The molecule has 0 bridgehead atoms. The number of rotatable bonds is 2. The van der Waals surface area contributed by atoms with Crippen molar-refractivity contribution in [2.24, 2.45) is 11.8 Å². The van der Waals surface area contributed by atoms with Crippen LogP contribution in [-0.4, -0.2) is 30.4 Å². The third kappa shape index (κ3) is 2.57. The highest BCUT2D eigenvalue weighted by Crippen LogP contribution is 2.36. The van der Waals surface area contributed by atoms with Crippen LogP contribution in [0.15, 0.2) is 24.3 Å². The summed E-state index contributed by atoms with van der Waals surface area (Å²) in [6.07, 6.45) is 1.84. The Bertz CT molecular complexity index is 499. The SMILES string of the molecule is C[C@@H]1C[C@@H](c2cccc(F)c2)N(C(=O)[C@@H]2CCNC2)C1. The highest BCUT2D eigenvalue weighted by atomic mass is 19.1. The number of carbonyl (C=O) groups excluding carboxylic acids is 1. The number of nitrogens with zero attached hydrogens (tertiary/aromatic N) is 1. The molecule has 2 aliphatic heterocycles. The molecule has 0 radical (unpaired) electrons. The number of benzene rings is 1. The summed E-state index contributed by atoms with van der Waals surface area (Å²) in [5, 5.41) is 3.24. The van der Waals surface area contributed by atoms with Gasteiger partial charge in [-0.25, -0.2) is 4.39 Å². The van der Waals surface area contributed by atoms with E-state index in [1.165, 1.54) is 6.07 Å². The number of likely N-dealkylation sites (tertiary alicyclic amines) is 1. The zero-order valence-electron chi connectivity index (χ0n) is 11.8. The molecule has 0 spiro atoms. The van der Waals surface area contributed by atoms with Gasteiger partial charge < -0.3 is 10.2 Å². The molecule has 3 atom stereocenters. The molecule has 0 saturated carbocycles. The second-order valence-corrected chi connectivity index (χ2v) is 6.09. The smallest absolute Gasteiger partial charge is 0.227 e. The van der Waals surface area contributed by atoms with E-state index in [2.05, 4.69) is 12.2 Å². The molecule has 1 aromatic rings. The number of nitrogens with one attached hydrogen (secondary N) is 1. The first-order valence-corrected chi connectivity index (χ1v) is 7.42. The number of halogens is 1. The van der Waals surface area contributed by atoms with Crippen molar-refractivity contribution in [3.05, 3.63) is 35.6 Å². The zero-order valence-corrected chi connectivity index (χ0v) is 11.8. The Morgan fingerprint density at radius 3 is 3.00 bits per heavy atom. The Labute approximate surface area is 119 Å². The average molecular weight is 276 g/mol. The van der Waals surface area contributed by atoms with Gasteiger partial charge in [-0.2, -0.15) is 0 Å². The van der Waals surface area contributed by atoms with Gasteiger partial charge in [0.25, 0.3) is 0 Å². The molecular formula is C16H21FN2O. The molecule has 2 aliphatic rings. The Morgan fingerprint density at radius 2 is 2.30 bits per heavy atom. The van der Waals surface area contributed by atoms with Crippen LogP contribution in [0.25, 0.3) is 0 Å². The van der Waals surface area contributed by atoms with Crippen molar-refractivity contribution in [2.45, 2.75) is 25.8 Å². The summed E-state index contributed by atoms with van der Waals surface area (Å²) < 4.78 is 13.4. The van der Waals surface area contributed by atoms with Gasteiger partial charge in [0.1, 0.15) is 5.82 Å².